The zero-order valence-electron chi connectivity index (χ0n) is 11.4. The Morgan fingerprint density at radius 1 is 1.42 bits per heavy atom. The maximum absolute atomic E-state index is 9.74. The Kier molecular flexibility index (Phi) is 6.36. The zero-order chi connectivity index (χ0) is 13.3. The first-order valence-corrected chi connectivity index (χ1v) is 7.06. The fourth-order valence-corrected chi connectivity index (χ4v) is 2.26. The number of hydrogen-bond acceptors (Lipinski definition) is 5. The number of furan rings is 1. The molecule has 2 rings (SSSR count). The Morgan fingerprint density at radius 3 is 3.00 bits per heavy atom. The average Bonchev–Trinajstić information content (AvgIpc) is 3.07. The van der Waals surface area contributed by atoms with E-state index < -0.39 is 6.10 Å². The van der Waals surface area contributed by atoms with Gasteiger partial charge in [-0.3, -0.25) is 0 Å². The second kappa shape index (κ2) is 8.32. The molecule has 2 heterocycles. The molecule has 0 amide bonds. The van der Waals surface area contributed by atoms with Crippen LogP contribution >= 0.6 is 0 Å². The minimum atomic E-state index is -0.464. The Hall–Kier alpha value is -0.880. The molecule has 1 saturated heterocycles. The lowest BCUT2D eigenvalue weighted by atomic mass is 10.3. The van der Waals surface area contributed by atoms with Gasteiger partial charge in [-0.25, -0.2) is 0 Å². The SMILES string of the molecule is OC(CNCCN1CCCC1)COCc1ccco1. The summed E-state index contributed by atoms with van der Waals surface area (Å²) < 4.78 is 10.5. The molecule has 0 radical (unpaired) electrons. The van der Waals surface area contributed by atoms with Crippen molar-refractivity contribution < 1.29 is 14.3 Å². The predicted molar refractivity (Wildman–Crippen MR) is 72.9 cm³/mol. The Morgan fingerprint density at radius 2 is 2.26 bits per heavy atom. The van der Waals surface area contributed by atoms with Gasteiger partial charge in [-0.15, -0.1) is 0 Å². The van der Waals surface area contributed by atoms with Gasteiger partial charge in [0.15, 0.2) is 0 Å². The van der Waals surface area contributed by atoms with Gasteiger partial charge in [0.1, 0.15) is 12.4 Å². The number of likely N-dealkylation sites (tertiary alicyclic amines) is 1. The zero-order valence-corrected chi connectivity index (χ0v) is 11.4. The molecule has 5 heteroatoms. The van der Waals surface area contributed by atoms with Crippen LogP contribution in [0.3, 0.4) is 0 Å². The lowest BCUT2D eigenvalue weighted by molar-refractivity contribution is 0.0226. The first kappa shape index (κ1) is 14.5. The molecule has 1 atom stereocenters. The Balaban J connectivity index is 1.44. The molecule has 0 spiro atoms. The van der Waals surface area contributed by atoms with Crippen LogP contribution in [0.1, 0.15) is 18.6 Å². The van der Waals surface area contributed by atoms with E-state index in [1.165, 1.54) is 25.9 Å². The van der Waals surface area contributed by atoms with Crippen molar-refractivity contribution >= 4 is 0 Å². The van der Waals surface area contributed by atoms with Crippen LogP contribution in [0.4, 0.5) is 0 Å². The number of hydrogen-bond donors (Lipinski definition) is 2. The number of nitrogens with zero attached hydrogens (tertiary/aromatic N) is 1. The average molecular weight is 268 g/mol. The van der Waals surface area contributed by atoms with Gasteiger partial charge in [0, 0.05) is 19.6 Å². The van der Waals surface area contributed by atoms with E-state index in [2.05, 4.69) is 10.2 Å². The second-order valence-electron chi connectivity index (χ2n) is 5.00. The molecule has 0 saturated carbocycles. The lowest BCUT2D eigenvalue weighted by Crippen LogP contribution is -2.35. The summed E-state index contributed by atoms with van der Waals surface area (Å²) in [5.74, 6) is 0.786. The molecule has 1 aliphatic rings. The van der Waals surface area contributed by atoms with Crippen LogP contribution in [0, 0.1) is 0 Å². The van der Waals surface area contributed by atoms with Gasteiger partial charge in [-0.2, -0.15) is 0 Å². The number of nitrogens with one attached hydrogen (secondary N) is 1. The molecular formula is C14H24N2O3. The van der Waals surface area contributed by atoms with Gasteiger partial charge in [0.05, 0.1) is 19.0 Å². The molecule has 5 nitrogen and oxygen atoms in total. The van der Waals surface area contributed by atoms with Gasteiger partial charge in [-0.1, -0.05) is 0 Å². The van der Waals surface area contributed by atoms with E-state index in [1.54, 1.807) is 6.26 Å². The number of ether oxygens (including phenoxy) is 1. The van der Waals surface area contributed by atoms with Crippen molar-refractivity contribution in [2.24, 2.45) is 0 Å². The van der Waals surface area contributed by atoms with E-state index in [0.717, 1.165) is 18.8 Å². The van der Waals surface area contributed by atoms with Crippen LogP contribution in [0.5, 0.6) is 0 Å². The third-order valence-corrected chi connectivity index (χ3v) is 3.32. The van der Waals surface area contributed by atoms with Crippen molar-refractivity contribution in [1.82, 2.24) is 10.2 Å². The highest BCUT2D eigenvalue weighted by Crippen LogP contribution is 2.05. The van der Waals surface area contributed by atoms with E-state index in [9.17, 15) is 5.11 Å². The second-order valence-corrected chi connectivity index (χ2v) is 5.00. The summed E-state index contributed by atoms with van der Waals surface area (Å²) in [7, 11) is 0. The molecule has 108 valence electrons. The van der Waals surface area contributed by atoms with Crippen LogP contribution in [0.15, 0.2) is 22.8 Å². The van der Waals surface area contributed by atoms with Gasteiger partial charge in [0.25, 0.3) is 0 Å². The molecule has 19 heavy (non-hydrogen) atoms. The van der Waals surface area contributed by atoms with Crippen molar-refractivity contribution in [1.29, 1.82) is 0 Å². The Labute approximate surface area is 114 Å². The summed E-state index contributed by atoms with van der Waals surface area (Å²) in [5.41, 5.74) is 0. The topological polar surface area (TPSA) is 57.9 Å². The molecule has 0 aromatic carbocycles. The molecule has 1 aromatic heterocycles. The van der Waals surface area contributed by atoms with Crippen molar-refractivity contribution in [2.45, 2.75) is 25.6 Å². The fourth-order valence-electron chi connectivity index (χ4n) is 2.26. The highest BCUT2D eigenvalue weighted by Gasteiger charge is 2.10. The minimum absolute atomic E-state index is 0.331. The van der Waals surface area contributed by atoms with E-state index in [-0.39, 0.29) is 0 Å². The predicted octanol–water partition coefficient (Wildman–Crippen LogP) is 0.842. The summed E-state index contributed by atoms with van der Waals surface area (Å²) in [6.45, 7) is 5.75. The summed E-state index contributed by atoms with van der Waals surface area (Å²) in [6.07, 6.45) is 3.80. The molecule has 1 aliphatic heterocycles. The van der Waals surface area contributed by atoms with E-state index in [4.69, 9.17) is 9.15 Å². The third kappa shape index (κ3) is 5.74. The van der Waals surface area contributed by atoms with Gasteiger partial charge in [-0.05, 0) is 38.1 Å². The maximum atomic E-state index is 9.74. The summed E-state index contributed by atoms with van der Waals surface area (Å²) in [5, 5.41) is 13.0. The molecule has 0 bridgehead atoms. The van der Waals surface area contributed by atoms with Crippen LogP contribution in [0.25, 0.3) is 0 Å². The molecule has 0 aliphatic carbocycles. The van der Waals surface area contributed by atoms with E-state index in [0.29, 0.717) is 19.8 Å². The minimum Gasteiger partial charge on any atom is -0.467 e. The molecule has 1 aromatic rings. The van der Waals surface area contributed by atoms with Crippen molar-refractivity contribution in [3.63, 3.8) is 0 Å². The summed E-state index contributed by atoms with van der Waals surface area (Å²) >= 11 is 0. The summed E-state index contributed by atoms with van der Waals surface area (Å²) in [6, 6.07) is 3.69. The fraction of sp³-hybridized carbons (Fsp3) is 0.714. The van der Waals surface area contributed by atoms with E-state index >= 15 is 0 Å². The summed E-state index contributed by atoms with van der Waals surface area (Å²) in [4.78, 5) is 2.45. The normalized spacial score (nSPS) is 17.9. The first-order valence-electron chi connectivity index (χ1n) is 7.06. The maximum Gasteiger partial charge on any atom is 0.129 e. The molecular weight excluding hydrogens is 244 g/mol. The van der Waals surface area contributed by atoms with Gasteiger partial charge >= 0.3 is 0 Å². The van der Waals surface area contributed by atoms with Gasteiger partial charge < -0.3 is 24.5 Å². The standard InChI is InChI=1S/C14H24N2O3/c17-13(11-18-12-14-4-3-9-19-14)10-15-5-8-16-6-1-2-7-16/h3-4,9,13,15,17H,1-2,5-8,10-12H2. The van der Waals surface area contributed by atoms with Crippen molar-refractivity contribution in [3.05, 3.63) is 24.2 Å². The number of aliphatic hydroxyl groups is 1. The highest BCUT2D eigenvalue weighted by atomic mass is 16.5. The quantitative estimate of drug-likeness (QED) is 0.650. The molecule has 2 N–H and O–H groups in total. The van der Waals surface area contributed by atoms with Crippen molar-refractivity contribution in [3.8, 4) is 0 Å². The van der Waals surface area contributed by atoms with Crippen LogP contribution in [-0.2, 0) is 11.3 Å². The number of rotatable bonds is 9. The highest BCUT2D eigenvalue weighted by molar-refractivity contribution is 4.96. The van der Waals surface area contributed by atoms with Crippen molar-refractivity contribution in [2.75, 3.05) is 39.3 Å². The Bertz CT molecular complexity index is 323. The van der Waals surface area contributed by atoms with Crippen LogP contribution in [-0.4, -0.2) is 55.4 Å². The van der Waals surface area contributed by atoms with Crippen LogP contribution in [0.2, 0.25) is 0 Å². The van der Waals surface area contributed by atoms with Gasteiger partial charge in [0.2, 0.25) is 0 Å². The first-order chi connectivity index (χ1) is 9.34. The van der Waals surface area contributed by atoms with E-state index in [1.807, 2.05) is 12.1 Å². The molecule has 1 fully saturated rings. The number of aliphatic hydroxyl groups excluding tert-OH is 1. The monoisotopic (exact) mass is 268 g/mol. The lowest BCUT2D eigenvalue weighted by Gasteiger charge is -2.16. The largest absolute Gasteiger partial charge is 0.467 e. The third-order valence-electron chi connectivity index (χ3n) is 3.32. The smallest absolute Gasteiger partial charge is 0.129 e. The molecule has 1 unspecified atom stereocenters. The van der Waals surface area contributed by atoms with Crippen LogP contribution < -0.4 is 5.32 Å².